The summed E-state index contributed by atoms with van der Waals surface area (Å²) in [6.45, 7) is 1.07. The first-order valence-corrected chi connectivity index (χ1v) is 4.05. The number of hydrogen-bond acceptors (Lipinski definition) is 4. The maximum absolute atomic E-state index is 11.1. The van der Waals surface area contributed by atoms with E-state index in [2.05, 4.69) is 10.1 Å². The molecule has 1 aromatic rings. The molecule has 1 fully saturated rings. The summed E-state index contributed by atoms with van der Waals surface area (Å²) >= 11 is 0. The van der Waals surface area contributed by atoms with Crippen LogP contribution < -0.4 is 5.73 Å². The van der Waals surface area contributed by atoms with Gasteiger partial charge in [0.2, 0.25) is 5.91 Å². The lowest BCUT2D eigenvalue weighted by Gasteiger charge is -2.35. The minimum Gasteiger partial charge on any atom is -0.332 e. The average Bonchev–Trinajstić information content (AvgIpc) is 2.50. The fraction of sp³-hybridized carbons (Fsp3) is 0.571. The van der Waals surface area contributed by atoms with Gasteiger partial charge in [-0.15, -0.1) is 0 Å². The van der Waals surface area contributed by atoms with Gasteiger partial charge in [-0.1, -0.05) is 0 Å². The van der Waals surface area contributed by atoms with Gasteiger partial charge >= 0.3 is 0 Å². The first kappa shape index (κ1) is 8.18. The van der Waals surface area contributed by atoms with E-state index in [1.54, 1.807) is 23.0 Å². The standard InChI is InChI=1S/C7H11N5O/c1-11-4-9-6(10-11)3-12-2-5(8)7(12)13/h4-5H,2-3,8H2,1H3. The molecule has 0 bridgehead atoms. The number of nitrogens with two attached hydrogens (primary N) is 1. The molecule has 2 N–H and O–H groups in total. The SMILES string of the molecule is Cn1cnc(CN2CC(N)C2=O)n1. The number of amides is 1. The Kier molecular flexibility index (Phi) is 1.77. The van der Waals surface area contributed by atoms with E-state index in [0.717, 1.165) is 0 Å². The van der Waals surface area contributed by atoms with Crippen molar-refractivity contribution in [1.29, 1.82) is 0 Å². The molecular weight excluding hydrogens is 170 g/mol. The van der Waals surface area contributed by atoms with Crippen molar-refractivity contribution in [2.75, 3.05) is 6.54 Å². The Balaban J connectivity index is 1.96. The van der Waals surface area contributed by atoms with Crippen LogP contribution in [0.25, 0.3) is 0 Å². The second-order valence-corrected chi connectivity index (χ2v) is 3.16. The van der Waals surface area contributed by atoms with Gasteiger partial charge in [0.25, 0.3) is 0 Å². The van der Waals surface area contributed by atoms with E-state index in [9.17, 15) is 4.79 Å². The molecule has 13 heavy (non-hydrogen) atoms. The molecule has 1 saturated heterocycles. The zero-order chi connectivity index (χ0) is 9.42. The lowest BCUT2D eigenvalue weighted by Crippen LogP contribution is -2.60. The molecule has 0 saturated carbocycles. The summed E-state index contributed by atoms with van der Waals surface area (Å²) in [5, 5.41) is 4.06. The first-order chi connectivity index (χ1) is 6.16. The predicted molar refractivity (Wildman–Crippen MR) is 44.4 cm³/mol. The van der Waals surface area contributed by atoms with Crippen LogP contribution in [0.4, 0.5) is 0 Å². The third-order valence-electron chi connectivity index (χ3n) is 2.03. The van der Waals surface area contributed by atoms with Gasteiger partial charge in [-0.05, 0) is 0 Å². The Labute approximate surface area is 75.3 Å². The summed E-state index contributed by atoms with van der Waals surface area (Å²) in [6, 6.07) is -0.316. The third-order valence-corrected chi connectivity index (χ3v) is 2.03. The van der Waals surface area contributed by atoms with Crippen LogP contribution in [0.15, 0.2) is 6.33 Å². The van der Waals surface area contributed by atoms with Crippen LogP contribution in [0, 0.1) is 0 Å². The maximum atomic E-state index is 11.1. The highest BCUT2D eigenvalue weighted by Gasteiger charge is 2.33. The number of β-lactam (4-membered cyclic amide) rings is 1. The van der Waals surface area contributed by atoms with Crippen molar-refractivity contribution in [3.8, 4) is 0 Å². The molecule has 1 aliphatic heterocycles. The van der Waals surface area contributed by atoms with Crippen molar-refractivity contribution in [2.24, 2.45) is 12.8 Å². The molecule has 1 amide bonds. The number of rotatable bonds is 2. The smallest absolute Gasteiger partial charge is 0.241 e. The molecule has 70 valence electrons. The van der Waals surface area contributed by atoms with Crippen LogP contribution in [0.2, 0.25) is 0 Å². The van der Waals surface area contributed by atoms with Crippen molar-refractivity contribution in [1.82, 2.24) is 19.7 Å². The number of carbonyl (C=O) groups excluding carboxylic acids is 1. The highest BCUT2D eigenvalue weighted by atomic mass is 16.2. The Morgan fingerprint density at radius 3 is 3.00 bits per heavy atom. The number of carbonyl (C=O) groups is 1. The van der Waals surface area contributed by atoms with E-state index >= 15 is 0 Å². The van der Waals surface area contributed by atoms with E-state index in [4.69, 9.17) is 5.73 Å². The van der Waals surface area contributed by atoms with Crippen molar-refractivity contribution in [3.63, 3.8) is 0 Å². The second kappa shape index (κ2) is 2.81. The van der Waals surface area contributed by atoms with E-state index in [0.29, 0.717) is 18.9 Å². The maximum Gasteiger partial charge on any atom is 0.241 e. The van der Waals surface area contributed by atoms with E-state index in [1.807, 2.05) is 0 Å². The Bertz CT molecular complexity index is 333. The summed E-state index contributed by atoms with van der Waals surface area (Å²) in [5.74, 6) is 0.634. The van der Waals surface area contributed by atoms with Gasteiger partial charge in [0.15, 0.2) is 5.82 Å². The average molecular weight is 181 g/mol. The van der Waals surface area contributed by atoms with Gasteiger partial charge in [-0.25, -0.2) is 4.98 Å². The highest BCUT2D eigenvalue weighted by Crippen LogP contribution is 2.10. The topological polar surface area (TPSA) is 77.0 Å². The van der Waals surface area contributed by atoms with Gasteiger partial charge in [0.05, 0.1) is 6.54 Å². The number of likely N-dealkylation sites (tertiary alicyclic amines) is 1. The van der Waals surface area contributed by atoms with Crippen molar-refractivity contribution in [3.05, 3.63) is 12.2 Å². The lowest BCUT2D eigenvalue weighted by atomic mass is 10.1. The van der Waals surface area contributed by atoms with Crippen LogP contribution in [-0.2, 0) is 18.4 Å². The van der Waals surface area contributed by atoms with Gasteiger partial charge in [-0.3, -0.25) is 9.48 Å². The van der Waals surface area contributed by atoms with E-state index in [1.165, 1.54) is 0 Å². The Morgan fingerprint density at radius 2 is 2.54 bits per heavy atom. The number of nitrogens with zero attached hydrogens (tertiary/aromatic N) is 4. The van der Waals surface area contributed by atoms with Crippen molar-refractivity contribution in [2.45, 2.75) is 12.6 Å². The van der Waals surface area contributed by atoms with E-state index < -0.39 is 0 Å². The molecule has 0 spiro atoms. The van der Waals surface area contributed by atoms with E-state index in [-0.39, 0.29) is 11.9 Å². The zero-order valence-electron chi connectivity index (χ0n) is 7.34. The normalized spacial score (nSPS) is 21.8. The summed E-state index contributed by atoms with van der Waals surface area (Å²) in [5.41, 5.74) is 5.43. The predicted octanol–water partition coefficient (Wildman–Crippen LogP) is -1.52. The van der Waals surface area contributed by atoms with Crippen LogP contribution in [0.3, 0.4) is 0 Å². The highest BCUT2D eigenvalue weighted by molar-refractivity contribution is 5.87. The fourth-order valence-corrected chi connectivity index (χ4v) is 1.30. The molecule has 1 aromatic heterocycles. The summed E-state index contributed by atoms with van der Waals surface area (Å²) < 4.78 is 1.61. The van der Waals surface area contributed by atoms with Crippen molar-refractivity contribution < 1.29 is 4.79 Å². The third kappa shape index (κ3) is 1.40. The number of aromatic nitrogens is 3. The van der Waals surface area contributed by atoms with Crippen molar-refractivity contribution >= 4 is 5.91 Å². The van der Waals surface area contributed by atoms with Crippen LogP contribution >= 0.6 is 0 Å². The van der Waals surface area contributed by atoms with Gasteiger partial charge in [-0.2, -0.15) is 5.10 Å². The molecule has 0 aliphatic carbocycles. The molecule has 0 aromatic carbocycles. The van der Waals surface area contributed by atoms with Crippen LogP contribution in [0.5, 0.6) is 0 Å². The van der Waals surface area contributed by atoms with Crippen LogP contribution in [-0.4, -0.2) is 38.2 Å². The molecule has 2 rings (SSSR count). The van der Waals surface area contributed by atoms with Gasteiger partial charge in [0.1, 0.15) is 12.4 Å². The molecule has 1 atom stereocenters. The molecule has 1 aliphatic rings. The first-order valence-electron chi connectivity index (χ1n) is 4.05. The Morgan fingerprint density at radius 1 is 1.77 bits per heavy atom. The molecule has 0 radical (unpaired) electrons. The molecule has 6 nitrogen and oxygen atoms in total. The van der Waals surface area contributed by atoms with Crippen LogP contribution in [0.1, 0.15) is 5.82 Å². The summed E-state index contributed by atoms with van der Waals surface area (Å²) in [6.07, 6.45) is 1.61. The number of aryl methyl sites for hydroxylation is 1. The molecule has 2 heterocycles. The molecule has 6 heteroatoms. The van der Waals surface area contributed by atoms with Gasteiger partial charge < -0.3 is 10.6 Å². The quantitative estimate of drug-likeness (QED) is 0.562. The molecular formula is C7H11N5O. The lowest BCUT2D eigenvalue weighted by molar-refractivity contribution is -0.143. The molecule has 1 unspecified atom stereocenters. The largest absolute Gasteiger partial charge is 0.332 e. The zero-order valence-corrected chi connectivity index (χ0v) is 7.34. The minimum atomic E-state index is -0.316. The summed E-state index contributed by atoms with van der Waals surface area (Å²) in [4.78, 5) is 16.8. The second-order valence-electron chi connectivity index (χ2n) is 3.16. The fourth-order valence-electron chi connectivity index (χ4n) is 1.30. The minimum absolute atomic E-state index is 0.0209. The van der Waals surface area contributed by atoms with Gasteiger partial charge in [0, 0.05) is 13.6 Å². The monoisotopic (exact) mass is 181 g/mol. The Hall–Kier alpha value is -1.43. The number of hydrogen-bond donors (Lipinski definition) is 1. The summed E-state index contributed by atoms with van der Waals surface area (Å²) in [7, 11) is 1.79.